The number of hydrogen-bond donors (Lipinski definition) is 5. The summed E-state index contributed by atoms with van der Waals surface area (Å²) in [5.41, 5.74) is 9.49. The Morgan fingerprint density at radius 2 is 1.94 bits per heavy atom. The van der Waals surface area contributed by atoms with Gasteiger partial charge in [0.15, 0.2) is 10.9 Å². The third kappa shape index (κ3) is 4.51. The number of benzene rings is 2. The number of nitrogens with one attached hydrogen (secondary N) is 3. The van der Waals surface area contributed by atoms with Crippen LogP contribution in [0.4, 0.5) is 5.13 Å². The summed E-state index contributed by atoms with van der Waals surface area (Å²) in [4.78, 5) is 47.8. The van der Waals surface area contributed by atoms with E-state index in [0.717, 1.165) is 16.5 Å². The topological polar surface area (TPSA) is 154 Å². The maximum atomic E-state index is 12.9. The number of H-pyrrole nitrogens is 2. The lowest BCUT2D eigenvalue weighted by molar-refractivity contribution is 0.0689. The highest BCUT2D eigenvalue weighted by Crippen LogP contribution is 2.26. The van der Waals surface area contributed by atoms with Crippen LogP contribution in [-0.4, -0.2) is 44.3 Å². The lowest BCUT2D eigenvalue weighted by Gasteiger charge is -2.04. The fourth-order valence-corrected chi connectivity index (χ4v) is 5.02. The van der Waals surface area contributed by atoms with Crippen LogP contribution in [0.2, 0.25) is 0 Å². The second-order valence-electron chi connectivity index (χ2n) is 8.38. The van der Waals surface area contributed by atoms with E-state index in [2.05, 4.69) is 20.3 Å². The summed E-state index contributed by atoms with van der Waals surface area (Å²) in [5.74, 6) is -1.60. The second-order valence-corrected chi connectivity index (χ2v) is 9.24. The Balaban J connectivity index is 1.33. The number of aromatic nitrogens is 3. The summed E-state index contributed by atoms with van der Waals surface area (Å²) in [5, 5.41) is 15.9. The van der Waals surface area contributed by atoms with E-state index in [1.54, 1.807) is 23.6 Å². The van der Waals surface area contributed by atoms with Crippen LogP contribution in [0.1, 0.15) is 48.9 Å². The zero-order chi connectivity index (χ0) is 25.2. The number of anilines is 1. The number of aryl methyl sites for hydroxylation is 1. The van der Waals surface area contributed by atoms with Gasteiger partial charge < -0.3 is 20.8 Å². The minimum atomic E-state index is -1.06. The number of thiazole rings is 1. The van der Waals surface area contributed by atoms with Crippen molar-refractivity contribution < 1.29 is 19.5 Å². The fraction of sp³-hybridized carbons (Fsp3) is 0.154. The molecule has 9 nitrogen and oxygen atoms in total. The number of carbonyl (C=O) groups excluding carboxylic acids is 2. The van der Waals surface area contributed by atoms with Gasteiger partial charge in [-0.1, -0.05) is 12.1 Å². The fourth-order valence-electron chi connectivity index (χ4n) is 4.31. The summed E-state index contributed by atoms with van der Waals surface area (Å²) in [7, 11) is 0. The molecule has 0 bridgehead atoms. The molecule has 6 N–H and O–H groups in total. The minimum absolute atomic E-state index is 0.106. The van der Waals surface area contributed by atoms with E-state index in [4.69, 9.17) is 5.73 Å². The molecule has 2 aromatic carbocycles. The van der Waals surface area contributed by atoms with Gasteiger partial charge in [-0.15, -0.1) is 11.3 Å². The van der Waals surface area contributed by atoms with E-state index in [-0.39, 0.29) is 17.9 Å². The number of carboxylic acid groups (broad SMARTS) is 1. The van der Waals surface area contributed by atoms with Crippen LogP contribution >= 0.6 is 11.3 Å². The number of fused-ring (bicyclic) bond motifs is 2. The Morgan fingerprint density at radius 3 is 2.75 bits per heavy atom. The van der Waals surface area contributed by atoms with Crippen molar-refractivity contribution >= 4 is 55.9 Å². The molecule has 5 rings (SSSR count). The molecule has 182 valence electrons. The van der Waals surface area contributed by atoms with Crippen LogP contribution < -0.4 is 11.1 Å². The van der Waals surface area contributed by atoms with E-state index < -0.39 is 11.9 Å². The van der Waals surface area contributed by atoms with Crippen LogP contribution in [0.25, 0.3) is 21.8 Å². The molecule has 0 unspecified atom stereocenters. The molecule has 3 heterocycles. The van der Waals surface area contributed by atoms with Gasteiger partial charge in [-0.2, -0.15) is 0 Å². The number of aromatic carboxylic acids is 1. The SMILES string of the molecule is NCCCc1c(C(=O)O)[nH]c2ccc(C(=O)Nc3nc(C(=O)Cc4cccc5[nH]ccc45)cs3)cc12. The highest BCUT2D eigenvalue weighted by atomic mass is 32.1. The van der Waals surface area contributed by atoms with Crippen molar-refractivity contribution in [2.24, 2.45) is 5.73 Å². The Hall–Kier alpha value is -4.28. The molecule has 0 atom stereocenters. The lowest BCUT2D eigenvalue weighted by Crippen LogP contribution is -2.12. The van der Waals surface area contributed by atoms with Crippen molar-refractivity contribution in [1.29, 1.82) is 0 Å². The van der Waals surface area contributed by atoms with E-state index >= 15 is 0 Å². The summed E-state index contributed by atoms with van der Waals surface area (Å²) in [6.07, 6.45) is 3.15. The van der Waals surface area contributed by atoms with Gasteiger partial charge in [-0.3, -0.25) is 14.9 Å². The van der Waals surface area contributed by atoms with E-state index in [1.165, 1.54) is 11.3 Å². The van der Waals surface area contributed by atoms with Crippen LogP contribution in [0.3, 0.4) is 0 Å². The Morgan fingerprint density at radius 1 is 1.08 bits per heavy atom. The second kappa shape index (κ2) is 9.76. The molecular weight excluding hydrogens is 478 g/mol. The number of aromatic amines is 2. The number of hydrogen-bond acceptors (Lipinski definition) is 6. The number of carbonyl (C=O) groups is 3. The first kappa shape index (κ1) is 23.5. The monoisotopic (exact) mass is 501 g/mol. The van der Waals surface area contributed by atoms with Crippen LogP contribution in [0.15, 0.2) is 54.0 Å². The van der Waals surface area contributed by atoms with Crippen molar-refractivity contribution in [3.8, 4) is 0 Å². The van der Waals surface area contributed by atoms with Crippen LogP contribution in [0.5, 0.6) is 0 Å². The number of Topliss-reactive ketones (excluding diaryl/α,β-unsaturated/α-hetero) is 1. The summed E-state index contributed by atoms with van der Waals surface area (Å²) >= 11 is 1.17. The van der Waals surface area contributed by atoms with E-state index in [1.807, 2.05) is 30.5 Å². The molecule has 10 heteroatoms. The molecular formula is C26H23N5O4S. The van der Waals surface area contributed by atoms with Crippen molar-refractivity contribution in [1.82, 2.24) is 15.0 Å². The van der Waals surface area contributed by atoms with Crippen LogP contribution in [0, 0.1) is 0 Å². The average Bonchev–Trinajstić information content (AvgIpc) is 3.61. The molecule has 0 saturated carbocycles. The van der Waals surface area contributed by atoms with Gasteiger partial charge in [0.2, 0.25) is 0 Å². The summed E-state index contributed by atoms with van der Waals surface area (Å²) in [6, 6.07) is 12.7. The van der Waals surface area contributed by atoms with Crippen molar-refractivity contribution in [3.63, 3.8) is 0 Å². The van der Waals surface area contributed by atoms with Crippen molar-refractivity contribution in [3.05, 3.63) is 82.1 Å². The van der Waals surface area contributed by atoms with Gasteiger partial charge in [0.25, 0.3) is 5.91 Å². The summed E-state index contributed by atoms with van der Waals surface area (Å²) in [6.45, 7) is 0.428. The molecule has 0 aliphatic carbocycles. The molecule has 1 amide bonds. The number of nitrogens with zero attached hydrogens (tertiary/aromatic N) is 1. The molecule has 0 saturated heterocycles. The normalized spacial score (nSPS) is 11.2. The first-order chi connectivity index (χ1) is 17.4. The quantitative estimate of drug-likeness (QED) is 0.189. The first-order valence-electron chi connectivity index (χ1n) is 11.4. The number of rotatable bonds is 9. The van der Waals surface area contributed by atoms with Gasteiger partial charge >= 0.3 is 5.97 Å². The maximum Gasteiger partial charge on any atom is 0.352 e. The third-order valence-corrected chi connectivity index (χ3v) is 6.82. The maximum absolute atomic E-state index is 12.9. The summed E-state index contributed by atoms with van der Waals surface area (Å²) < 4.78 is 0. The Kier molecular flexibility index (Phi) is 6.36. The predicted octanol–water partition coefficient (Wildman–Crippen LogP) is 4.37. The predicted molar refractivity (Wildman–Crippen MR) is 139 cm³/mol. The lowest BCUT2D eigenvalue weighted by atomic mass is 10.0. The molecule has 0 radical (unpaired) electrons. The zero-order valence-electron chi connectivity index (χ0n) is 19.1. The highest BCUT2D eigenvalue weighted by molar-refractivity contribution is 7.14. The number of ketones is 1. The number of amides is 1. The molecule has 36 heavy (non-hydrogen) atoms. The Bertz CT molecular complexity index is 1610. The molecule has 3 aromatic heterocycles. The molecule has 5 aromatic rings. The molecule has 0 aliphatic heterocycles. The minimum Gasteiger partial charge on any atom is -0.477 e. The third-order valence-electron chi connectivity index (χ3n) is 6.06. The molecule has 0 spiro atoms. The number of carboxylic acids is 1. The zero-order valence-corrected chi connectivity index (χ0v) is 19.9. The Labute approximate surface area is 209 Å². The largest absolute Gasteiger partial charge is 0.477 e. The van der Waals surface area contributed by atoms with Crippen LogP contribution in [-0.2, 0) is 12.8 Å². The van der Waals surface area contributed by atoms with E-state index in [9.17, 15) is 19.5 Å². The first-order valence-corrected chi connectivity index (χ1v) is 12.3. The van der Waals surface area contributed by atoms with Gasteiger partial charge in [-0.05, 0) is 60.8 Å². The van der Waals surface area contributed by atoms with Gasteiger partial charge in [0.1, 0.15) is 11.4 Å². The molecule has 0 aliphatic rings. The molecule has 0 fully saturated rings. The van der Waals surface area contributed by atoms with Gasteiger partial charge in [-0.25, -0.2) is 9.78 Å². The average molecular weight is 502 g/mol. The number of nitrogens with two attached hydrogens (primary N) is 1. The smallest absolute Gasteiger partial charge is 0.352 e. The van der Waals surface area contributed by atoms with Crippen molar-refractivity contribution in [2.75, 3.05) is 11.9 Å². The van der Waals surface area contributed by atoms with Gasteiger partial charge in [0.05, 0.1) is 0 Å². The highest BCUT2D eigenvalue weighted by Gasteiger charge is 2.19. The van der Waals surface area contributed by atoms with Crippen molar-refractivity contribution in [2.45, 2.75) is 19.3 Å². The van der Waals surface area contributed by atoms with Gasteiger partial charge in [0, 0.05) is 45.4 Å². The standard InChI is InChI=1S/C26H23N5O4S/c27-9-2-4-17-18-11-15(6-7-20(18)29-23(17)25(34)35)24(33)31-26-30-21(13-36-26)22(32)12-14-3-1-5-19-16(14)8-10-28-19/h1,3,5-8,10-11,13,28-29H,2,4,9,12,27H2,(H,34,35)(H,30,31,33). The van der Waals surface area contributed by atoms with E-state index in [0.29, 0.717) is 52.2 Å².